The van der Waals surface area contributed by atoms with Gasteiger partial charge in [-0.25, -0.2) is 9.80 Å². The Hall–Kier alpha value is -4.11. The van der Waals surface area contributed by atoms with E-state index in [0.717, 1.165) is 27.1 Å². The molecule has 2 aromatic heterocycles. The minimum atomic E-state index is -0.598. The first-order valence-electron chi connectivity index (χ1n) is 11.0. The lowest BCUT2D eigenvalue weighted by Crippen LogP contribution is -2.31. The quantitative estimate of drug-likeness (QED) is 0.377. The van der Waals surface area contributed by atoms with Crippen molar-refractivity contribution in [3.63, 3.8) is 0 Å². The number of aromatic amines is 1. The van der Waals surface area contributed by atoms with E-state index in [0.29, 0.717) is 23.6 Å². The number of hydrogen-bond acceptors (Lipinski definition) is 7. The summed E-state index contributed by atoms with van der Waals surface area (Å²) in [6.07, 6.45) is 0.525. The number of carbonyl (C=O) groups is 2. The number of hydrogen-bond donors (Lipinski definition) is 1. The molecule has 1 aliphatic heterocycles. The number of methoxy groups -OCH3 is 2. The summed E-state index contributed by atoms with van der Waals surface area (Å²) in [5.41, 5.74) is 2.76. The van der Waals surface area contributed by atoms with E-state index in [1.807, 2.05) is 53.9 Å². The van der Waals surface area contributed by atoms with Gasteiger partial charge in [0, 0.05) is 17.3 Å². The number of aromatic nitrogens is 1. The zero-order valence-electron chi connectivity index (χ0n) is 19.2. The molecule has 0 spiro atoms. The van der Waals surface area contributed by atoms with Gasteiger partial charge < -0.3 is 19.2 Å². The first kappa shape index (κ1) is 22.7. The van der Waals surface area contributed by atoms with Crippen molar-refractivity contribution in [2.24, 2.45) is 5.10 Å². The molecule has 2 aromatic carbocycles. The number of esters is 1. The molecule has 178 valence electrons. The van der Waals surface area contributed by atoms with Gasteiger partial charge in [0.2, 0.25) is 0 Å². The Balaban J connectivity index is 1.37. The van der Waals surface area contributed by atoms with Gasteiger partial charge in [-0.3, -0.25) is 4.79 Å². The fourth-order valence-electron chi connectivity index (χ4n) is 4.11. The van der Waals surface area contributed by atoms with Crippen LogP contribution in [-0.2, 0) is 9.53 Å². The maximum atomic E-state index is 13.2. The van der Waals surface area contributed by atoms with Crippen LogP contribution in [0.5, 0.6) is 11.5 Å². The van der Waals surface area contributed by atoms with Crippen LogP contribution >= 0.6 is 11.3 Å². The van der Waals surface area contributed by atoms with Crippen LogP contribution in [0, 0.1) is 0 Å². The second-order valence-corrected chi connectivity index (χ2v) is 8.89. The topological polar surface area (TPSA) is 93.2 Å². The van der Waals surface area contributed by atoms with Crippen LogP contribution in [0.3, 0.4) is 0 Å². The fraction of sp³-hybridized carbons (Fsp3) is 0.192. The zero-order valence-corrected chi connectivity index (χ0v) is 20.0. The molecule has 1 N–H and O–H groups in total. The van der Waals surface area contributed by atoms with Gasteiger partial charge in [-0.2, -0.15) is 5.10 Å². The van der Waals surface area contributed by atoms with Crippen LogP contribution in [-0.4, -0.2) is 48.4 Å². The number of amides is 1. The summed E-state index contributed by atoms with van der Waals surface area (Å²) >= 11 is 1.56. The molecule has 5 rings (SSSR count). The van der Waals surface area contributed by atoms with E-state index >= 15 is 0 Å². The highest BCUT2D eigenvalue weighted by Gasteiger charge is 2.34. The Labute approximate surface area is 205 Å². The Morgan fingerprint density at radius 2 is 1.89 bits per heavy atom. The number of benzene rings is 2. The van der Waals surface area contributed by atoms with Crippen LogP contribution in [0.1, 0.15) is 33.4 Å². The molecule has 9 heteroatoms. The van der Waals surface area contributed by atoms with Crippen molar-refractivity contribution < 1.29 is 23.8 Å². The molecule has 35 heavy (non-hydrogen) atoms. The number of rotatable bonds is 7. The number of ether oxygens (including phenoxy) is 3. The van der Waals surface area contributed by atoms with Gasteiger partial charge >= 0.3 is 5.97 Å². The number of H-pyrrole nitrogens is 1. The number of carbonyl (C=O) groups excluding carboxylic acids is 2. The third-order valence-corrected chi connectivity index (χ3v) is 6.76. The molecule has 1 amide bonds. The first-order chi connectivity index (χ1) is 17.1. The second-order valence-electron chi connectivity index (χ2n) is 7.94. The summed E-state index contributed by atoms with van der Waals surface area (Å²) in [6, 6.07) is 18.3. The Morgan fingerprint density at radius 3 is 2.63 bits per heavy atom. The van der Waals surface area contributed by atoms with E-state index in [9.17, 15) is 9.59 Å². The largest absolute Gasteiger partial charge is 0.493 e. The summed E-state index contributed by atoms with van der Waals surface area (Å²) in [6.45, 7) is -0.431. The van der Waals surface area contributed by atoms with E-state index in [1.165, 1.54) is 5.01 Å². The first-order valence-corrected chi connectivity index (χ1v) is 11.9. The molecule has 1 aliphatic rings. The SMILES string of the molecule is COc1ccc(C2CC(c3cccs3)=NN2C(=O)COC(=O)c2cc3ccccc3[nH]2)cc1OC. The lowest BCUT2D eigenvalue weighted by Gasteiger charge is -2.22. The van der Waals surface area contributed by atoms with E-state index in [4.69, 9.17) is 14.2 Å². The highest BCUT2D eigenvalue weighted by Crippen LogP contribution is 2.37. The van der Waals surface area contributed by atoms with E-state index in [2.05, 4.69) is 10.1 Å². The van der Waals surface area contributed by atoms with Gasteiger partial charge in [-0.1, -0.05) is 30.3 Å². The number of thiophene rings is 1. The molecule has 1 atom stereocenters. The van der Waals surface area contributed by atoms with Crippen LogP contribution < -0.4 is 9.47 Å². The number of nitrogens with one attached hydrogen (secondary N) is 1. The van der Waals surface area contributed by atoms with Crippen molar-refractivity contribution in [1.82, 2.24) is 9.99 Å². The van der Waals surface area contributed by atoms with Crippen LogP contribution in [0.2, 0.25) is 0 Å². The molecule has 8 nitrogen and oxygen atoms in total. The average Bonchev–Trinajstić information content (AvgIpc) is 3.65. The maximum absolute atomic E-state index is 13.2. The molecule has 0 saturated heterocycles. The Morgan fingerprint density at radius 1 is 1.06 bits per heavy atom. The second kappa shape index (κ2) is 9.63. The summed E-state index contributed by atoms with van der Waals surface area (Å²) < 4.78 is 16.1. The maximum Gasteiger partial charge on any atom is 0.355 e. The molecule has 0 radical (unpaired) electrons. The summed E-state index contributed by atoms with van der Waals surface area (Å²) in [5, 5.41) is 8.87. The third kappa shape index (κ3) is 4.50. The van der Waals surface area contributed by atoms with E-state index < -0.39 is 18.5 Å². The number of para-hydroxylation sites is 1. The highest BCUT2D eigenvalue weighted by molar-refractivity contribution is 7.12. The fourth-order valence-corrected chi connectivity index (χ4v) is 4.83. The van der Waals surface area contributed by atoms with Gasteiger partial charge in [-0.05, 0) is 41.3 Å². The zero-order chi connectivity index (χ0) is 24.4. The normalized spacial score (nSPS) is 15.2. The Bertz CT molecular complexity index is 1380. The Kier molecular flexibility index (Phi) is 6.24. The van der Waals surface area contributed by atoms with Gasteiger partial charge in [0.05, 0.1) is 30.9 Å². The highest BCUT2D eigenvalue weighted by atomic mass is 32.1. The standard InChI is InChI=1S/C26H23N3O5S/c1-32-22-10-9-17(13-23(22)33-2)21-14-19(24-8-5-11-35-24)28-29(21)25(30)15-34-26(31)20-12-16-6-3-4-7-18(16)27-20/h3-13,21,27H,14-15H2,1-2H3. The molecule has 0 fully saturated rings. The van der Waals surface area contributed by atoms with Crippen molar-refractivity contribution in [1.29, 1.82) is 0 Å². The number of hydrazone groups is 1. The molecular formula is C26H23N3O5S. The molecule has 4 aromatic rings. The monoisotopic (exact) mass is 489 g/mol. The van der Waals surface area contributed by atoms with Crippen molar-refractivity contribution in [2.45, 2.75) is 12.5 Å². The van der Waals surface area contributed by atoms with Crippen molar-refractivity contribution in [2.75, 3.05) is 20.8 Å². The molecule has 0 saturated carbocycles. The lowest BCUT2D eigenvalue weighted by atomic mass is 10.0. The van der Waals surface area contributed by atoms with E-state index in [-0.39, 0.29) is 6.04 Å². The lowest BCUT2D eigenvalue weighted by molar-refractivity contribution is -0.136. The minimum absolute atomic E-state index is 0.291. The molecule has 0 bridgehead atoms. The van der Waals surface area contributed by atoms with Gasteiger partial charge in [-0.15, -0.1) is 11.3 Å². The molecule has 3 heterocycles. The average molecular weight is 490 g/mol. The van der Waals surface area contributed by atoms with Crippen LogP contribution in [0.25, 0.3) is 10.9 Å². The minimum Gasteiger partial charge on any atom is -0.493 e. The predicted molar refractivity (Wildman–Crippen MR) is 133 cm³/mol. The van der Waals surface area contributed by atoms with Gasteiger partial charge in [0.1, 0.15) is 5.69 Å². The van der Waals surface area contributed by atoms with Gasteiger partial charge in [0.15, 0.2) is 18.1 Å². The number of nitrogens with zero attached hydrogens (tertiary/aromatic N) is 2. The van der Waals surface area contributed by atoms with Crippen molar-refractivity contribution in [3.8, 4) is 11.5 Å². The summed E-state index contributed by atoms with van der Waals surface area (Å²) in [4.78, 5) is 29.8. The third-order valence-electron chi connectivity index (χ3n) is 5.84. The smallest absolute Gasteiger partial charge is 0.355 e. The van der Waals surface area contributed by atoms with Crippen molar-refractivity contribution in [3.05, 3.63) is 82.2 Å². The van der Waals surface area contributed by atoms with Gasteiger partial charge in [0.25, 0.3) is 5.91 Å². The predicted octanol–water partition coefficient (Wildman–Crippen LogP) is 4.78. The summed E-state index contributed by atoms with van der Waals surface area (Å²) in [7, 11) is 3.14. The van der Waals surface area contributed by atoms with E-state index in [1.54, 1.807) is 37.7 Å². The van der Waals surface area contributed by atoms with Crippen molar-refractivity contribution >= 4 is 39.8 Å². The van der Waals surface area contributed by atoms with Crippen LogP contribution in [0.15, 0.2) is 71.1 Å². The molecular weight excluding hydrogens is 466 g/mol. The summed E-state index contributed by atoms with van der Waals surface area (Å²) in [5.74, 6) is 0.144. The van der Waals surface area contributed by atoms with Crippen LogP contribution in [0.4, 0.5) is 0 Å². The molecule has 0 aliphatic carbocycles. The number of fused-ring (bicyclic) bond motifs is 1. The molecule has 1 unspecified atom stereocenters.